The molecule has 2 aromatic rings. The standard InChI is InChI=1S/C19H21N3O3/c1-24-12-8-10-13(11-9-12)25-18(23)16-6-2-5-15-14(16)4-3-7-17(15)22-19(20)21/h3-4,7-11,16H,2,5-6H2,1H3,(H4,20,21,22). The monoisotopic (exact) mass is 339 g/mol. The van der Waals surface area contributed by atoms with Gasteiger partial charge in [-0.1, -0.05) is 12.1 Å². The molecule has 6 heteroatoms. The zero-order valence-electron chi connectivity index (χ0n) is 14.0. The molecular formula is C19H21N3O3. The van der Waals surface area contributed by atoms with Gasteiger partial charge in [0.1, 0.15) is 11.5 Å². The minimum absolute atomic E-state index is 0.115. The van der Waals surface area contributed by atoms with Crippen LogP contribution in [0, 0.1) is 5.41 Å². The third-order valence-electron chi connectivity index (χ3n) is 4.34. The highest BCUT2D eigenvalue weighted by Gasteiger charge is 2.29. The Morgan fingerprint density at radius 3 is 2.60 bits per heavy atom. The van der Waals surface area contributed by atoms with Crippen molar-refractivity contribution in [1.29, 1.82) is 5.41 Å². The number of guanidine groups is 1. The smallest absolute Gasteiger partial charge is 0.318 e. The number of hydrogen-bond acceptors (Lipinski definition) is 4. The molecule has 130 valence electrons. The van der Waals surface area contributed by atoms with Crippen LogP contribution in [0.1, 0.15) is 29.9 Å². The summed E-state index contributed by atoms with van der Waals surface area (Å²) >= 11 is 0. The maximum atomic E-state index is 12.7. The summed E-state index contributed by atoms with van der Waals surface area (Å²) in [6, 6.07) is 12.6. The minimum atomic E-state index is -0.320. The summed E-state index contributed by atoms with van der Waals surface area (Å²) < 4.78 is 10.7. The molecule has 0 aromatic heterocycles. The number of carbonyl (C=O) groups excluding carboxylic acids is 1. The largest absolute Gasteiger partial charge is 0.497 e. The summed E-state index contributed by atoms with van der Waals surface area (Å²) in [5.41, 5.74) is 8.20. The minimum Gasteiger partial charge on any atom is -0.497 e. The Bertz CT molecular complexity index is 787. The van der Waals surface area contributed by atoms with Crippen molar-refractivity contribution in [3.63, 3.8) is 0 Å². The predicted molar refractivity (Wildman–Crippen MR) is 96.3 cm³/mol. The van der Waals surface area contributed by atoms with Gasteiger partial charge in [-0.25, -0.2) is 0 Å². The molecule has 1 aliphatic rings. The lowest BCUT2D eigenvalue weighted by Gasteiger charge is -2.26. The molecule has 4 N–H and O–H groups in total. The first-order valence-electron chi connectivity index (χ1n) is 8.17. The van der Waals surface area contributed by atoms with Gasteiger partial charge in [-0.3, -0.25) is 10.2 Å². The normalized spacial score (nSPS) is 15.8. The van der Waals surface area contributed by atoms with E-state index < -0.39 is 0 Å². The Kier molecular flexibility index (Phi) is 4.88. The van der Waals surface area contributed by atoms with Gasteiger partial charge in [0, 0.05) is 5.69 Å². The lowest BCUT2D eigenvalue weighted by atomic mass is 9.82. The number of ether oxygens (including phenoxy) is 2. The van der Waals surface area contributed by atoms with Crippen molar-refractivity contribution in [3.8, 4) is 11.5 Å². The molecule has 0 saturated carbocycles. The molecule has 1 aliphatic carbocycles. The summed E-state index contributed by atoms with van der Waals surface area (Å²) in [5.74, 6) is 0.501. The Balaban J connectivity index is 1.82. The molecule has 0 amide bonds. The molecule has 0 bridgehead atoms. The molecule has 0 radical (unpaired) electrons. The first kappa shape index (κ1) is 16.8. The second kappa shape index (κ2) is 7.25. The molecule has 0 heterocycles. The van der Waals surface area contributed by atoms with Crippen LogP contribution >= 0.6 is 0 Å². The number of anilines is 1. The van der Waals surface area contributed by atoms with E-state index in [1.54, 1.807) is 31.4 Å². The molecule has 0 saturated heterocycles. The highest BCUT2D eigenvalue weighted by molar-refractivity contribution is 5.91. The van der Waals surface area contributed by atoms with Crippen molar-refractivity contribution in [2.75, 3.05) is 12.4 Å². The van der Waals surface area contributed by atoms with Crippen LogP contribution in [0.3, 0.4) is 0 Å². The Morgan fingerprint density at radius 2 is 1.92 bits per heavy atom. The van der Waals surface area contributed by atoms with Crippen LogP contribution in [-0.4, -0.2) is 19.0 Å². The number of methoxy groups -OCH3 is 1. The molecule has 2 aromatic carbocycles. The van der Waals surface area contributed by atoms with E-state index >= 15 is 0 Å². The highest BCUT2D eigenvalue weighted by atomic mass is 16.5. The van der Waals surface area contributed by atoms with Crippen LogP contribution in [0.25, 0.3) is 0 Å². The zero-order chi connectivity index (χ0) is 17.8. The lowest BCUT2D eigenvalue weighted by Crippen LogP contribution is -2.26. The Hall–Kier alpha value is -3.02. The average molecular weight is 339 g/mol. The topological polar surface area (TPSA) is 97.4 Å². The van der Waals surface area contributed by atoms with E-state index in [1.165, 1.54) is 0 Å². The first-order chi connectivity index (χ1) is 12.1. The lowest BCUT2D eigenvalue weighted by molar-refractivity contribution is -0.136. The van der Waals surface area contributed by atoms with Crippen molar-refractivity contribution in [2.24, 2.45) is 5.73 Å². The second-order valence-corrected chi connectivity index (χ2v) is 5.95. The van der Waals surface area contributed by atoms with E-state index in [1.807, 2.05) is 18.2 Å². The highest BCUT2D eigenvalue weighted by Crippen LogP contribution is 2.36. The van der Waals surface area contributed by atoms with Crippen molar-refractivity contribution in [1.82, 2.24) is 0 Å². The van der Waals surface area contributed by atoms with E-state index in [9.17, 15) is 4.79 Å². The van der Waals surface area contributed by atoms with Gasteiger partial charge in [0.05, 0.1) is 13.0 Å². The number of fused-ring (bicyclic) bond motifs is 1. The van der Waals surface area contributed by atoms with Crippen LogP contribution in [0.15, 0.2) is 42.5 Å². The third-order valence-corrected chi connectivity index (χ3v) is 4.34. The first-order valence-corrected chi connectivity index (χ1v) is 8.17. The molecule has 25 heavy (non-hydrogen) atoms. The summed E-state index contributed by atoms with van der Waals surface area (Å²) in [4.78, 5) is 12.7. The van der Waals surface area contributed by atoms with Crippen LogP contribution < -0.4 is 20.5 Å². The quantitative estimate of drug-likeness (QED) is 0.344. The van der Waals surface area contributed by atoms with Gasteiger partial charge in [0.2, 0.25) is 0 Å². The van der Waals surface area contributed by atoms with Crippen LogP contribution in [0.5, 0.6) is 11.5 Å². The molecule has 3 rings (SSSR count). The van der Waals surface area contributed by atoms with Crippen LogP contribution in [0.4, 0.5) is 5.69 Å². The van der Waals surface area contributed by atoms with Gasteiger partial charge in [-0.2, -0.15) is 0 Å². The van der Waals surface area contributed by atoms with Crippen molar-refractivity contribution in [2.45, 2.75) is 25.2 Å². The van der Waals surface area contributed by atoms with Crippen LogP contribution in [-0.2, 0) is 11.2 Å². The molecule has 0 aliphatic heterocycles. The number of hydrogen-bond donors (Lipinski definition) is 3. The second-order valence-electron chi connectivity index (χ2n) is 5.95. The number of rotatable bonds is 4. The fourth-order valence-corrected chi connectivity index (χ4v) is 3.19. The van der Waals surface area contributed by atoms with Gasteiger partial charge in [-0.05, 0) is 60.7 Å². The predicted octanol–water partition coefficient (Wildman–Crippen LogP) is 3.03. The fourth-order valence-electron chi connectivity index (χ4n) is 3.19. The van der Waals surface area contributed by atoms with Crippen molar-refractivity contribution in [3.05, 3.63) is 53.6 Å². The van der Waals surface area contributed by atoms with E-state index in [0.717, 1.165) is 36.1 Å². The summed E-state index contributed by atoms with van der Waals surface area (Å²) in [7, 11) is 1.59. The fraction of sp³-hybridized carbons (Fsp3) is 0.263. The maximum absolute atomic E-state index is 12.7. The average Bonchev–Trinajstić information content (AvgIpc) is 2.61. The van der Waals surface area contributed by atoms with Gasteiger partial charge in [0.15, 0.2) is 5.96 Å². The molecule has 0 fully saturated rings. The molecule has 1 atom stereocenters. The van der Waals surface area contributed by atoms with E-state index in [0.29, 0.717) is 11.5 Å². The van der Waals surface area contributed by atoms with Gasteiger partial charge in [0.25, 0.3) is 0 Å². The maximum Gasteiger partial charge on any atom is 0.318 e. The SMILES string of the molecule is COc1ccc(OC(=O)C2CCCc3c(NC(=N)N)cccc32)cc1. The van der Waals surface area contributed by atoms with Gasteiger partial charge >= 0.3 is 5.97 Å². The van der Waals surface area contributed by atoms with Gasteiger partial charge < -0.3 is 20.5 Å². The third kappa shape index (κ3) is 3.74. The van der Waals surface area contributed by atoms with Crippen LogP contribution in [0.2, 0.25) is 0 Å². The van der Waals surface area contributed by atoms with E-state index in [2.05, 4.69) is 5.32 Å². The van der Waals surface area contributed by atoms with Gasteiger partial charge in [-0.15, -0.1) is 0 Å². The van der Waals surface area contributed by atoms with E-state index in [-0.39, 0.29) is 17.8 Å². The number of esters is 1. The molecule has 1 unspecified atom stereocenters. The number of nitrogens with one attached hydrogen (secondary N) is 2. The van der Waals surface area contributed by atoms with Crippen molar-refractivity contribution < 1.29 is 14.3 Å². The molecular weight excluding hydrogens is 318 g/mol. The van der Waals surface area contributed by atoms with Crippen molar-refractivity contribution >= 4 is 17.6 Å². The Labute approximate surface area is 146 Å². The zero-order valence-corrected chi connectivity index (χ0v) is 14.0. The molecule has 6 nitrogen and oxygen atoms in total. The number of nitrogens with two attached hydrogens (primary N) is 1. The molecule has 0 spiro atoms. The number of carbonyl (C=O) groups is 1. The summed E-state index contributed by atoms with van der Waals surface area (Å²) in [6.45, 7) is 0. The summed E-state index contributed by atoms with van der Waals surface area (Å²) in [5, 5.41) is 10.3. The summed E-state index contributed by atoms with van der Waals surface area (Å²) in [6.07, 6.45) is 2.47. The van der Waals surface area contributed by atoms with E-state index in [4.69, 9.17) is 20.6 Å². The Morgan fingerprint density at radius 1 is 1.20 bits per heavy atom. The number of benzene rings is 2.